The fourth-order valence-corrected chi connectivity index (χ4v) is 1.11. The molecule has 1 atom stereocenters. The van der Waals surface area contributed by atoms with Gasteiger partial charge in [0.15, 0.2) is 5.78 Å². The number of hydrogen-bond donors (Lipinski definition) is 0. The molecule has 0 bridgehead atoms. The highest BCUT2D eigenvalue weighted by atomic mass is 35.5. The number of allylic oxidation sites excluding steroid dienone is 4. The SMILES string of the molecule is CC(=O)C1(Cl)C=CC(C)=CC1. The molecular weight excluding hydrogens is 160 g/mol. The molecular formula is C9H11ClO. The van der Waals surface area contributed by atoms with Gasteiger partial charge in [0.1, 0.15) is 4.87 Å². The molecule has 0 amide bonds. The molecule has 0 aromatic rings. The van der Waals surface area contributed by atoms with E-state index in [9.17, 15) is 4.79 Å². The van der Waals surface area contributed by atoms with E-state index in [1.165, 1.54) is 12.5 Å². The summed E-state index contributed by atoms with van der Waals surface area (Å²) < 4.78 is 0. The molecule has 2 heteroatoms. The summed E-state index contributed by atoms with van der Waals surface area (Å²) in [4.78, 5) is 10.3. The Morgan fingerprint density at radius 3 is 2.73 bits per heavy atom. The molecule has 1 aliphatic rings. The number of carbonyl (C=O) groups is 1. The summed E-state index contributed by atoms with van der Waals surface area (Å²) in [5.74, 6) is 0.0131. The van der Waals surface area contributed by atoms with E-state index >= 15 is 0 Å². The zero-order valence-corrected chi connectivity index (χ0v) is 7.48. The van der Waals surface area contributed by atoms with E-state index in [2.05, 4.69) is 0 Å². The van der Waals surface area contributed by atoms with Gasteiger partial charge in [0, 0.05) is 0 Å². The summed E-state index contributed by atoms with van der Waals surface area (Å²) in [7, 11) is 0. The third kappa shape index (κ3) is 1.72. The number of rotatable bonds is 1. The van der Waals surface area contributed by atoms with Crippen molar-refractivity contribution in [1.29, 1.82) is 0 Å². The molecule has 60 valence electrons. The maximum atomic E-state index is 11.0. The van der Waals surface area contributed by atoms with Gasteiger partial charge in [-0.15, -0.1) is 11.6 Å². The average Bonchev–Trinajstić information content (AvgIpc) is 1.95. The van der Waals surface area contributed by atoms with Crippen LogP contribution in [0.5, 0.6) is 0 Å². The molecule has 0 saturated heterocycles. The van der Waals surface area contributed by atoms with Crippen LogP contribution in [0.2, 0.25) is 0 Å². The Kier molecular flexibility index (Phi) is 2.19. The quantitative estimate of drug-likeness (QED) is 0.553. The number of carbonyl (C=O) groups excluding carboxylic acids is 1. The number of hydrogen-bond acceptors (Lipinski definition) is 1. The van der Waals surface area contributed by atoms with Crippen molar-refractivity contribution in [2.24, 2.45) is 0 Å². The van der Waals surface area contributed by atoms with Crippen LogP contribution in [0.4, 0.5) is 0 Å². The van der Waals surface area contributed by atoms with Gasteiger partial charge in [0.05, 0.1) is 0 Å². The van der Waals surface area contributed by atoms with Crippen LogP contribution in [0, 0.1) is 0 Å². The summed E-state index contributed by atoms with van der Waals surface area (Å²) in [6.45, 7) is 3.51. The Balaban J connectivity index is 2.82. The maximum Gasteiger partial charge on any atom is 0.154 e. The van der Waals surface area contributed by atoms with Crippen molar-refractivity contribution in [2.75, 3.05) is 0 Å². The van der Waals surface area contributed by atoms with Gasteiger partial charge in [0.2, 0.25) is 0 Å². The summed E-state index contributed by atoms with van der Waals surface area (Å²) in [6, 6.07) is 0. The minimum atomic E-state index is -0.764. The highest BCUT2D eigenvalue weighted by Crippen LogP contribution is 2.28. The van der Waals surface area contributed by atoms with E-state index in [-0.39, 0.29) is 5.78 Å². The number of Topliss-reactive ketones (excluding diaryl/α,β-unsaturated/α-hetero) is 1. The molecule has 0 aromatic heterocycles. The van der Waals surface area contributed by atoms with Gasteiger partial charge in [-0.05, 0) is 20.3 Å². The molecule has 1 aliphatic carbocycles. The zero-order chi connectivity index (χ0) is 8.48. The second kappa shape index (κ2) is 2.82. The topological polar surface area (TPSA) is 17.1 Å². The van der Waals surface area contributed by atoms with Crippen LogP contribution in [0.1, 0.15) is 20.3 Å². The fourth-order valence-electron chi connectivity index (χ4n) is 0.970. The summed E-state index contributed by atoms with van der Waals surface area (Å²) in [5, 5.41) is 0. The van der Waals surface area contributed by atoms with Crippen LogP contribution in [-0.4, -0.2) is 10.7 Å². The molecule has 0 spiro atoms. The molecule has 0 heterocycles. The van der Waals surface area contributed by atoms with Crippen molar-refractivity contribution in [3.05, 3.63) is 23.8 Å². The van der Waals surface area contributed by atoms with E-state index in [1.807, 2.05) is 19.1 Å². The molecule has 0 saturated carbocycles. The minimum absolute atomic E-state index is 0.0131. The highest BCUT2D eigenvalue weighted by molar-refractivity contribution is 6.36. The van der Waals surface area contributed by atoms with E-state index < -0.39 is 4.87 Å². The minimum Gasteiger partial charge on any atom is -0.298 e. The molecule has 0 radical (unpaired) electrons. The van der Waals surface area contributed by atoms with Crippen LogP contribution in [0.3, 0.4) is 0 Å². The maximum absolute atomic E-state index is 11.0. The van der Waals surface area contributed by atoms with Crippen molar-refractivity contribution < 1.29 is 4.79 Å². The molecule has 0 fully saturated rings. The number of halogens is 1. The van der Waals surface area contributed by atoms with E-state index in [1.54, 1.807) is 6.08 Å². The third-order valence-electron chi connectivity index (χ3n) is 1.92. The summed E-state index contributed by atoms with van der Waals surface area (Å²) in [6.07, 6.45) is 6.25. The summed E-state index contributed by atoms with van der Waals surface area (Å²) >= 11 is 5.99. The Labute approximate surface area is 71.7 Å². The van der Waals surface area contributed by atoms with Gasteiger partial charge in [-0.1, -0.05) is 23.8 Å². The van der Waals surface area contributed by atoms with E-state index in [0.717, 1.165) is 0 Å². The van der Waals surface area contributed by atoms with Gasteiger partial charge < -0.3 is 0 Å². The Bertz CT molecular complexity index is 240. The monoisotopic (exact) mass is 170 g/mol. The van der Waals surface area contributed by atoms with Gasteiger partial charge in [0.25, 0.3) is 0 Å². The molecule has 0 aliphatic heterocycles. The first-order chi connectivity index (χ1) is 5.04. The number of alkyl halides is 1. The smallest absolute Gasteiger partial charge is 0.154 e. The zero-order valence-electron chi connectivity index (χ0n) is 6.73. The predicted molar refractivity (Wildman–Crippen MR) is 46.8 cm³/mol. The first-order valence-electron chi connectivity index (χ1n) is 3.60. The van der Waals surface area contributed by atoms with Crippen molar-refractivity contribution in [3.63, 3.8) is 0 Å². The first kappa shape index (κ1) is 8.54. The Morgan fingerprint density at radius 1 is 1.73 bits per heavy atom. The van der Waals surface area contributed by atoms with Crippen LogP contribution in [0.15, 0.2) is 23.8 Å². The predicted octanol–water partition coefficient (Wildman–Crippen LogP) is 2.46. The lowest BCUT2D eigenvalue weighted by atomic mass is 9.93. The van der Waals surface area contributed by atoms with Crippen LogP contribution >= 0.6 is 11.6 Å². The van der Waals surface area contributed by atoms with Gasteiger partial charge in [-0.3, -0.25) is 4.79 Å². The standard InChI is InChI=1S/C9H11ClO/c1-7-3-5-9(10,6-4-7)8(2)11/h3-5H,6H2,1-2H3. The number of ketones is 1. The Hall–Kier alpha value is -0.560. The molecule has 0 aromatic carbocycles. The van der Waals surface area contributed by atoms with Crippen LogP contribution in [0.25, 0.3) is 0 Å². The molecule has 1 unspecified atom stereocenters. The van der Waals surface area contributed by atoms with Crippen molar-refractivity contribution in [2.45, 2.75) is 25.1 Å². The van der Waals surface area contributed by atoms with Gasteiger partial charge in [-0.25, -0.2) is 0 Å². The average molecular weight is 171 g/mol. The van der Waals surface area contributed by atoms with E-state index in [0.29, 0.717) is 6.42 Å². The largest absolute Gasteiger partial charge is 0.298 e. The van der Waals surface area contributed by atoms with Crippen molar-refractivity contribution in [1.82, 2.24) is 0 Å². The van der Waals surface area contributed by atoms with Crippen molar-refractivity contribution in [3.8, 4) is 0 Å². The molecule has 11 heavy (non-hydrogen) atoms. The van der Waals surface area contributed by atoms with Crippen LogP contribution < -0.4 is 0 Å². The lowest BCUT2D eigenvalue weighted by Gasteiger charge is -2.21. The molecule has 1 rings (SSSR count). The van der Waals surface area contributed by atoms with Crippen molar-refractivity contribution >= 4 is 17.4 Å². The Morgan fingerprint density at radius 2 is 2.36 bits per heavy atom. The second-order valence-corrected chi connectivity index (χ2v) is 3.58. The third-order valence-corrected chi connectivity index (χ3v) is 2.46. The fraction of sp³-hybridized carbons (Fsp3) is 0.444. The highest BCUT2D eigenvalue weighted by Gasteiger charge is 2.29. The summed E-state index contributed by atoms with van der Waals surface area (Å²) in [5.41, 5.74) is 1.17. The first-order valence-corrected chi connectivity index (χ1v) is 3.98. The lowest BCUT2D eigenvalue weighted by molar-refractivity contribution is -0.118. The molecule has 0 N–H and O–H groups in total. The van der Waals surface area contributed by atoms with Crippen LogP contribution in [-0.2, 0) is 4.79 Å². The second-order valence-electron chi connectivity index (χ2n) is 2.90. The normalized spacial score (nSPS) is 29.9. The van der Waals surface area contributed by atoms with E-state index in [4.69, 9.17) is 11.6 Å². The van der Waals surface area contributed by atoms with Gasteiger partial charge >= 0.3 is 0 Å². The molecule has 1 nitrogen and oxygen atoms in total. The lowest BCUT2D eigenvalue weighted by Crippen LogP contribution is -2.28. The van der Waals surface area contributed by atoms with Gasteiger partial charge in [-0.2, -0.15) is 0 Å².